The topological polar surface area (TPSA) is 88.5 Å². The van der Waals surface area contributed by atoms with Gasteiger partial charge in [-0.05, 0) is 50.0 Å². The van der Waals surface area contributed by atoms with E-state index in [0.717, 1.165) is 5.56 Å². The SMILES string of the molecule is COc1cc(CC(O)CN2CCC(C(=O)O)CC2)cc(OC)c1OC. The van der Waals surface area contributed by atoms with Crippen LogP contribution in [0.3, 0.4) is 0 Å². The van der Waals surface area contributed by atoms with Crippen molar-refractivity contribution in [3.8, 4) is 17.2 Å². The molecule has 0 amide bonds. The maximum absolute atomic E-state index is 11.0. The van der Waals surface area contributed by atoms with Crippen molar-refractivity contribution in [2.24, 2.45) is 5.92 Å². The molecule has 1 saturated heterocycles. The summed E-state index contributed by atoms with van der Waals surface area (Å²) in [7, 11) is 4.67. The summed E-state index contributed by atoms with van der Waals surface area (Å²) in [6.45, 7) is 1.91. The van der Waals surface area contributed by atoms with Crippen LogP contribution in [-0.2, 0) is 11.2 Å². The zero-order chi connectivity index (χ0) is 18.4. The molecule has 0 saturated carbocycles. The standard InChI is InChI=1S/C18H27NO6/c1-23-15-9-12(10-16(24-2)17(15)25-3)8-14(20)11-19-6-4-13(5-7-19)18(21)22/h9-10,13-14,20H,4-8,11H2,1-3H3,(H,21,22). The highest BCUT2D eigenvalue weighted by atomic mass is 16.5. The third-order valence-electron chi connectivity index (χ3n) is 4.60. The molecule has 1 aliphatic rings. The predicted octanol–water partition coefficient (Wildman–Crippen LogP) is 1.41. The monoisotopic (exact) mass is 353 g/mol. The number of carbonyl (C=O) groups is 1. The first kappa shape index (κ1) is 19.3. The smallest absolute Gasteiger partial charge is 0.306 e. The van der Waals surface area contributed by atoms with Crippen LogP contribution in [0.1, 0.15) is 18.4 Å². The maximum Gasteiger partial charge on any atom is 0.306 e. The normalized spacial score (nSPS) is 17.1. The number of benzene rings is 1. The number of β-amino-alcohol motifs (C(OH)–C–C–N with tert-alkyl or cyclic N) is 1. The van der Waals surface area contributed by atoms with Crippen LogP contribution in [0.15, 0.2) is 12.1 Å². The molecular weight excluding hydrogens is 326 g/mol. The number of aliphatic carboxylic acids is 1. The van der Waals surface area contributed by atoms with Crippen LogP contribution in [0.25, 0.3) is 0 Å². The molecule has 140 valence electrons. The van der Waals surface area contributed by atoms with Gasteiger partial charge in [-0.15, -0.1) is 0 Å². The van der Waals surface area contributed by atoms with E-state index in [0.29, 0.717) is 56.1 Å². The molecule has 0 aromatic heterocycles. The summed E-state index contributed by atoms with van der Waals surface area (Å²) in [6, 6.07) is 3.67. The minimum absolute atomic E-state index is 0.261. The van der Waals surface area contributed by atoms with Gasteiger partial charge in [-0.1, -0.05) is 0 Å². The number of methoxy groups -OCH3 is 3. The molecule has 1 fully saturated rings. The third-order valence-corrected chi connectivity index (χ3v) is 4.60. The minimum atomic E-state index is -0.724. The molecule has 1 aromatic rings. The Kier molecular flexibility index (Phi) is 6.90. The minimum Gasteiger partial charge on any atom is -0.493 e. The van der Waals surface area contributed by atoms with Crippen LogP contribution in [-0.4, -0.2) is 68.1 Å². The average Bonchev–Trinajstić information content (AvgIpc) is 2.61. The van der Waals surface area contributed by atoms with E-state index in [1.807, 2.05) is 12.1 Å². The number of carboxylic acids is 1. The Morgan fingerprint density at radius 1 is 1.16 bits per heavy atom. The Labute approximate surface area is 148 Å². The molecule has 0 aliphatic carbocycles. The summed E-state index contributed by atoms with van der Waals surface area (Å²) in [4.78, 5) is 13.1. The molecule has 1 atom stereocenters. The summed E-state index contributed by atoms with van der Waals surface area (Å²) in [5.74, 6) is 0.665. The van der Waals surface area contributed by atoms with Gasteiger partial charge in [-0.3, -0.25) is 4.79 Å². The maximum atomic E-state index is 11.0. The summed E-state index contributed by atoms with van der Waals surface area (Å²) in [6.07, 6.45) is 1.16. The van der Waals surface area contributed by atoms with Crippen molar-refractivity contribution >= 4 is 5.97 Å². The van der Waals surface area contributed by atoms with E-state index in [2.05, 4.69) is 4.90 Å². The molecule has 1 aliphatic heterocycles. The largest absolute Gasteiger partial charge is 0.493 e. The molecule has 0 bridgehead atoms. The van der Waals surface area contributed by atoms with Crippen molar-refractivity contribution < 1.29 is 29.2 Å². The van der Waals surface area contributed by atoms with Gasteiger partial charge < -0.3 is 29.3 Å². The Morgan fingerprint density at radius 3 is 2.16 bits per heavy atom. The van der Waals surface area contributed by atoms with Crippen LogP contribution in [0.5, 0.6) is 17.2 Å². The number of rotatable bonds is 8. The summed E-state index contributed by atoms with van der Waals surface area (Å²) < 4.78 is 16.0. The zero-order valence-electron chi connectivity index (χ0n) is 15.0. The molecule has 0 spiro atoms. The molecule has 2 rings (SSSR count). The molecule has 0 radical (unpaired) electrons. The highest BCUT2D eigenvalue weighted by Gasteiger charge is 2.25. The van der Waals surface area contributed by atoms with Gasteiger partial charge in [-0.2, -0.15) is 0 Å². The average molecular weight is 353 g/mol. The molecule has 7 heteroatoms. The number of aliphatic hydroxyl groups is 1. The van der Waals surface area contributed by atoms with E-state index in [9.17, 15) is 9.90 Å². The Bertz CT molecular complexity index is 558. The van der Waals surface area contributed by atoms with Crippen molar-refractivity contribution in [2.75, 3.05) is 41.0 Å². The first-order valence-electron chi connectivity index (χ1n) is 8.40. The first-order valence-corrected chi connectivity index (χ1v) is 8.40. The number of hydrogen-bond donors (Lipinski definition) is 2. The number of piperidine rings is 1. The zero-order valence-corrected chi connectivity index (χ0v) is 15.0. The van der Waals surface area contributed by atoms with Gasteiger partial charge in [0, 0.05) is 6.54 Å². The second-order valence-corrected chi connectivity index (χ2v) is 6.30. The van der Waals surface area contributed by atoms with E-state index in [4.69, 9.17) is 19.3 Å². The van der Waals surface area contributed by atoms with Crippen molar-refractivity contribution in [3.05, 3.63) is 17.7 Å². The van der Waals surface area contributed by atoms with E-state index < -0.39 is 12.1 Å². The van der Waals surface area contributed by atoms with Gasteiger partial charge in [0.05, 0.1) is 33.4 Å². The third kappa shape index (κ3) is 4.99. The number of carboxylic acid groups (broad SMARTS) is 1. The lowest BCUT2D eigenvalue weighted by Crippen LogP contribution is -2.41. The molecular formula is C18H27NO6. The number of aliphatic hydroxyl groups excluding tert-OH is 1. The van der Waals surface area contributed by atoms with Crippen LogP contribution in [0, 0.1) is 5.92 Å². The highest BCUT2D eigenvalue weighted by Crippen LogP contribution is 2.38. The molecule has 1 unspecified atom stereocenters. The highest BCUT2D eigenvalue weighted by molar-refractivity contribution is 5.70. The molecule has 7 nitrogen and oxygen atoms in total. The van der Waals surface area contributed by atoms with Gasteiger partial charge in [0.2, 0.25) is 5.75 Å². The van der Waals surface area contributed by atoms with E-state index in [1.54, 1.807) is 21.3 Å². The second-order valence-electron chi connectivity index (χ2n) is 6.30. The Balaban J connectivity index is 1.96. The summed E-state index contributed by atoms with van der Waals surface area (Å²) >= 11 is 0. The van der Waals surface area contributed by atoms with Gasteiger partial charge in [0.15, 0.2) is 11.5 Å². The van der Waals surface area contributed by atoms with Crippen molar-refractivity contribution in [2.45, 2.75) is 25.4 Å². The summed E-state index contributed by atoms with van der Waals surface area (Å²) in [5, 5.41) is 19.5. The van der Waals surface area contributed by atoms with E-state index in [1.165, 1.54) is 0 Å². The fourth-order valence-corrected chi connectivity index (χ4v) is 3.25. The predicted molar refractivity (Wildman–Crippen MR) is 92.6 cm³/mol. The quantitative estimate of drug-likeness (QED) is 0.730. The van der Waals surface area contributed by atoms with Gasteiger partial charge in [0.25, 0.3) is 0 Å². The number of hydrogen-bond acceptors (Lipinski definition) is 6. The van der Waals surface area contributed by atoms with Crippen molar-refractivity contribution in [1.29, 1.82) is 0 Å². The molecule has 25 heavy (non-hydrogen) atoms. The van der Waals surface area contributed by atoms with Gasteiger partial charge in [0.1, 0.15) is 0 Å². The molecule has 2 N–H and O–H groups in total. The fraction of sp³-hybridized carbons (Fsp3) is 0.611. The Hall–Kier alpha value is -1.99. The number of likely N-dealkylation sites (tertiary alicyclic amines) is 1. The molecule has 1 heterocycles. The lowest BCUT2D eigenvalue weighted by molar-refractivity contribution is -0.143. The lowest BCUT2D eigenvalue weighted by Gasteiger charge is -2.31. The van der Waals surface area contributed by atoms with Crippen LogP contribution >= 0.6 is 0 Å². The van der Waals surface area contributed by atoms with Crippen LogP contribution < -0.4 is 14.2 Å². The molecule has 1 aromatic carbocycles. The van der Waals surface area contributed by atoms with Crippen molar-refractivity contribution in [1.82, 2.24) is 4.90 Å². The van der Waals surface area contributed by atoms with E-state index >= 15 is 0 Å². The van der Waals surface area contributed by atoms with Crippen LogP contribution in [0.2, 0.25) is 0 Å². The van der Waals surface area contributed by atoms with Gasteiger partial charge in [-0.25, -0.2) is 0 Å². The first-order chi connectivity index (χ1) is 12.0. The number of ether oxygens (including phenoxy) is 3. The Morgan fingerprint density at radius 2 is 1.72 bits per heavy atom. The van der Waals surface area contributed by atoms with Crippen LogP contribution in [0.4, 0.5) is 0 Å². The fourth-order valence-electron chi connectivity index (χ4n) is 3.25. The number of nitrogens with zero attached hydrogens (tertiary/aromatic N) is 1. The van der Waals surface area contributed by atoms with Gasteiger partial charge >= 0.3 is 5.97 Å². The van der Waals surface area contributed by atoms with E-state index in [-0.39, 0.29) is 5.92 Å². The second kappa shape index (κ2) is 8.92. The summed E-state index contributed by atoms with van der Waals surface area (Å²) in [5.41, 5.74) is 0.891. The lowest BCUT2D eigenvalue weighted by atomic mass is 9.96. The van der Waals surface area contributed by atoms with Crippen molar-refractivity contribution in [3.63, 3.8) is 0 Å².